The zero-order valence-corrected chi connectivity index (χ0v) is 16.3. The first-order valence-corrected chi connectivity index (χ1v) is 9.18. The van der Waals surface area contributed by atoms with Crippen LogP contribution < -0.4 is 10.1 Å². The fourth-order valence-electron chi connectivity index (χ4n) is 3.07. The van der Waals surface area contributed by atoms with E-state index in [1.807, 2.05) is 18.2 Å². The molecule has 7 nitrogen and oxygen atoms in total. The van der Waals surface area contributed by atoms with E-state index in [0.717, 1.165) is 34.6 Å². The van der Waals surface area contributed by atoms with Gasteiger partial charge in [0.25, 0.3) is 5.91 Å². The SMILES string of the molecule is CCn1c(-c2cc(NC(=O)c3ccc(Br)o3)n[nH]2)cc2cc(OC)ccc21. The van der Waals surface area contributed by atoms with Crippen molar-refractivity contribution >= 4 is 38.6 Å². The van der Waals surface area contributed by atoms with Crippen LogP contribution in [0.5, 0.6) is 5.75 Å². The van der Waals surface area contributed by atoms with Crippen LogP contribution in [0.15, 0.2) is 51.6 Å². The first-order chi connectivity index (χ1) is 13.1. The van der Waals surface area contributed by atoms with Crippen LogP contribution in [-0.4, -0.2) is 27.8 Å². The molecule has 0 unspecified atom stereocenters. The van der Waals surface area contributed by atoms with E-state index in [0.29, 0.717) is 10.5 Å². The van der Waals surface area contributed by atoms with Crippen molar-refractivity contribution in [3.63, 3.8) is 0 Å². The maximum atomic E-state index is 12.2. The van der Waals surface area contributed by atoms with Gasteiger partial charge >= 0.3 is 0 Å². The van der Waals surface area contributed by atoms with Gasteiger partial charge in [-0.25, -0.2) is 0 Å². The molecule has 0 atom stereocenters. The molecule has 0 radical (unpaired) electrons. The van der Waals surface area contributed by atoms with Crippen molar-refractivity contribution < 1.29 is 13.9 Å². The van der Waals surface area contributed by atoms with Gasteiger partial charge in [0.1, 0.15) is 5.75 Å². The topological polar surface area (TPSA) is 85.1 Å². The molecular weight excluding hydrogens is 412 g/mol. The lowest BCUT2D eigenvalue weighted by atomic mass is 10.2. The maximum Gasteiger partial charge on any atom is 0.292 e. The highest BCUT2D eigenvalue weighted by Gasteiger charge is 2.15. The number of aromatic amines is 1. The first kappa shape index (κ1) is 17.4. The number of carbonyl (C=O) groups excluding carboxylic acids is 1. The molecule has 0 fully saturated rings. The lowest BCUT2D eigenvalue weighted by Gasteiger charge is -2.06. The fourth-order valence-corrected chi connectivity index (χ4v) is 3.38. The number of ether oxygens (including phenoxy) is 1. The van der Waals surface area contributed by atoms with E-state index < -0.39 is 0 Å². The normalized spacial score (nSPS) is 11.1. The molecule has 27 heavy (non-hydrogen) atoms. The average Bonchev–Trinajstić information content (AvgIpc) is 3.38. The highest BCUT2D eigenvalue weighted by molar-refractivity contribution is 9.10. The van der Waals surface area contributed by atoms with Crippen LogP contribution in [0.1, 0.15) is 17.5 Å². The number of benzene rings is 1. The smallest absolute Gasteiger partial charge is 0.292 e. The molecule has 0 aliphatic carbocycles. The van der Waals surface area contributed by atoms with Gasteiger partial charge in [0.15, 0.2) is 16.2 Å². The molecule has 4 aromatic rings. The van der Waals surface area contributed by atoms with E-state index in [-0.39, 0.29) is 11.7 Å². The second-order valence-corrected chi connectivity index (χ2v) is 6.70. The van der Waals surface area contributed by atoms with Gasteiger partial charge in [-0.1, -0.05) is 0 Å². The standard InChI is InChI=1S/C19H17BrN4O3/c1-3-24-14-5-4-12(26-2)8-11(14)9-15(24)13-10-18(23-22-13)21-19(25)16-6-7-17(20)27-16/h4-10H,3H2,1-2H3,(H2,21,22,23,25). The molecule has 0 spiro atoms. The summed E-state index contributed by atoms with van der Waals surface area (Å²) < 4.78 is 13.2. The molecule has 1 aromatic carbocycles. The van der Waals surface area contributed by atoms with Gasteiger partial charge in [-0.05, 0) is 59.3 Å². The summed E-state index contributed by atoms with van der Waals surface area (Å²) in [5.41, 5.74) is 2.89. The van der Waals surface area contributed by atoms with E-state index >= 15 is 0 Å². The Hall–Kier alpha value is -3.00. The number of hydrogen-bond acceptors (Lipinski definition) is 4. The van der Waals surface area contributed by atoms with Crippen molar-refractivity contribution in [2.75, 3.05) is 12.4 Å². The number of aromatic nitrogens is 3. The number of aryl methyl sites for hydroxylation is 1. The van der Waals surface area contributed by atoms with Crippen molar-refractivity contribution in [2.24, 2.45) is 0 Å². The summed E-state index contributed by atoms with van der Waals surface area (Å²) in [4.78, 5) is 12.2. The van der Waals surface area contributed by atoms with Crippen molar-refractivity contribution in [3.05, 3.63) is 52.9 Å². The zero-order chi connectivity index (χ0) is 19.0. The Morgan fingerprint density at radius 2 is 2.15 bits per heavy atom. The minimum absolute atomic E-state index is 0.209. The molecule has 2 N–H and O–H groups in total. The number of carbonyl (C=O) groups is 1. The molecule has 3 heterocycles. The van der Waals surface area contributed by atoms with E-state index in [1.165, 1.54) is 0 Å². The summed E-state index contributed by atoms with van der Waals surface area (Å²) in [5, 5.41) is 11.0. The molecular formula is C19H17BrN4O3. The summed E-state index contributed by atoms with van der Waals surface area (Å²) in [6.45, 7) is 2.88. The number of hydrogen-bond donors (Lipinski definition) is 2. The number of furan rings is 1. The number of halogens is 1. The number of methoxy groups -OCH3 is 1. The molecule has 4 rings (SSSR count). The minimum atomic E-state index is -0.362. The number of amides is 1. The largest absolute Gasteiger partial charge is 0.497 e. The third-order valence-corrected chi connectivity index (χ3v) is 4.74. The fraction of sp³-hybridized carbons (Fsp3) is 0.158. The van der Waals surface area contributed by atoms with Crippen LogP contribution >= 0.6 is 15.9 Å². The quantitative estimate of drug-likeness (QED) is 0.483. The monoisotopic (exact) mass is 428 g/mol. The number of nitrogens with one attached hydrogen (secondary N) is 2. The predicted molar refractivity (Wildman–Crippen MR) is 106 cm³/mol. The Kier molecular flexibility index (Phi) is 4.49. The molecule has 0 saturated heterocycles. The Bertz CT molecular complexity index is 1130. The van der Waals surface area contributed by atoms with Gasteiger partial charge in [0.2, 0.25) is 0 Å². The van der Waals surface area contributed by atoms with Crippen molar-refractivity contribution in [3.8, 4) is 17.1 Å². The zero-order valence-electron chi connectivity index (χ0n) is 14.7. The van der Waals surface area contributed by atoms with Crippen LogP contribution in [0.2, 0.25) is 0 Å². The van der Waals surface area contributed by atoms with Crippen molar-refractivity contribution in [2.45, 2.75) is 13.5 Å². The maximum absolute atomic E-state index is 12.2. The van der Waals surface area contributed by atoms with E-state index in [4.69, 9.17) is 9.15 Å². The van der Waals surface area contributed by atoms with Gasteiger partial charge in [-0.15, -0.1) is 0 Å². The summed E-state index contributed by atoms with van der Waals surface area (Å²) in [6.07, 6.45) is 0. The summed E-state index contributed by atoms with van der Waals surface area (Å²) in [5.74, 6) is 1.08. The van der Waals surface area contributed by atoms with Gasteiger partial charge in [0, 0.05) is 23.5 Å². The van der Waals surface area contributed by atoms with Crippen molar-refractivity contribution in [1.82, 2.24) is 14.8 Å². The minimum Gasteiger partial charge on any atom is -0.497 e. The van der Waals surface area contributed by atoms with E-state index in [2.05, 4.69) is 49.0 Å². The van der Waals surface area contributed by atoms with Gasteiger partial charge in [0.05, 0.1) is 18.5 Å². The Morgan fingerprint density at radius 1 is 1.30 bits per heavy atom. The first-order valence-electron chi connectivity index (χ1n) is 8.38. The van der Waals surface area contributed by atoms with E-state index in [9.17, 15) is 4.79 Å². The highest BCUT2D eigenvalue weighted by atomic mass is 79.9. The summed E-state index contributed by atoms with van der Waals surface area (Å²) in [6, 6.07) is 13.1. The molecule has 0 saturated carbocycles. The number of H-pyrrole nitrogens is 1. The molecule has 3 aromatic heterocycles. The van der Waals surface area contributed by atoms with Crippen LogP contribution in [0, 0.1) is 0 Å². The number of fused-ring (bicyclic) bond motifs is 1. The van der Waals surface area contributed by atoms with Gasteiger partial charge in [-0.3, -0.25) is 9.89 Å². The second kappa shape index (κ2) is 6.96. The third kappa shape index (κ3) is 3.23. The van der Waals surface area contributed by atoms with Gasteiger partial charge < -0.3 is 19.0 Å². The van der Waals surface area contributed by atoms with E-state index in [1.54, 1.807) is 25.3 Å². The Labute approximate surface area is 163 Å². The van der Waals surface area contributed by atoms with Crippen molar-refractivity contribution in [1.29, 1.82) is 0 Å². The van der Waals surface area contributed by atoms with Crippen LogP contribution in [0.4, 0.5) is 5.82 Å². The summed E-state index contributed by atoms with van der Waals surface area (Å²) >= 11 is 3.18. The summed E-state index contributed by atoms with van der Waals surface area (Å²) in [7, 11) is 1.65. The molecule has 0 aliphatic heterocycles. The average molecular weight is 429 g/mol. The molecule has 0 bridgehead atoms. The predicted octanol–water partition coefficient (Wildman–Crippen LogP) is 4.67. The number of anilines is 1. The molecule has 138 valence electrons. The number of nitrogens with zero attached hydrogens (tertiary/aromatic N) is 2. The highest BCUT2D eigenvalue weighted by Crippen LogP contribution is 2.30. The lowest BCUT2D eigenvalue weighted by molar-refractivity contribution is 0.0995. The number of rotatable bonds is 5. The Morgan fingerprint density at radius 3 is 2.85 bits per heavy atom. The Balaban J connectivity index is 1.65. The lowest BCUT2D eigenvalue weighted by Crippen LogP contribution is -2.10. The van der Waals surface area contributed by atoms with Crippen LogP contribution in [0.25, 0.3) is 22.3 Å². The third-order valence-electron chi connectivity index (χ3n) is 4.32. The van der Waals surface area contributed by atoms with Crippen LogP contribution in [-0.2, 0) is 6.54 Å². The second-order valence-electron chi connectivity index (χ2n) is 5.92. The van der Waals surface area contributed by atoms with Gasteiger partial charge in [-0.2, -0.15) is 5.10 Å². The van der Waals surface area contributed by atoms with Crippen LogP contribution in [0.3, 0.4) is 0 Å². The molecule has 0 aliphatic rings. The molecule has 8 heteroatoms. The molecule has 1 amide bonds.